The average molecular weight is 305 g/mol. The first-order valence-electron chi connectivity index (χ1n) is 7.91. The number of rotatable bonds is 4. The molecule has 21 heavy (non-hydrogen) atoms. The molecule has 0 aromatic carbocycles. The van der Waals surface area contributed by atoms with Crippen molar-refractivity contribution in [2.45, 2.75) is 57.4 Å². The Morgan fingerprint density at radius 1 is 1.33 bits per heavy atom. The van der Waals surface area contributed by atoms with E-state index in [1.807, 2.05) is 12.1 Å². The summed E-state index contributed by atoms with van der Waals surface area (Å²) in [7, 11) is 0. The van der Waals surface area contributed by atoms with Crippen LogP contribution < -0.4 is 10.7 Å². The summed E-state index contributed by atoms with van der Waals surface area (Å²) in [6.07, 6.45) is 9.25. The molecule has 1 aromatic heterocycles. The molecule has 1 heterocycles. The second-order valence-corrected chi connectivity index (χ2v) is 6.65. The Balaban J connectivity index is 1.43. The summed E-state index contributed by atoms with van der Waals surface area (Å²) in [5.74, 6) is 3.21. The molecule has 2 fully saturated rings. The van der Waals surface area contributed by atoms with Crippen LogP contribution in [0.5, 0.6) is 0 Å². The molecule has 0 saturated heterocycles. The zero-order chi connectivity index (χ0) is 14.7. The second kappa shape index (κ2) is 6.60. The Bertz CT molecular complexity index is 519. The molecule has 2 N–H and O–H groups in total. The van der Waals surface area contributed by atoms with Crippen LogP contribution in [0, 0.1) is 5.92 Å². The van der Waals surface area contributed by atoms with E-state index in [4.69, 9.17) is 16.6 Å². The molecular weight excluding hydrogens is 282 g/mol. The Morgan fingerprint density at radius 2 is 2.10 bits per heavy atom. The van der Waals surface area contributed by atoms with Crippen LogP contribution in [0.2, 0.25) is 0 Å². The standard InChI is InChI=1S/C16H23N3OS/c1-11-9-14(11)15-8-7-13(20-15)10-17-19-16(21)18-12-5-3-2-4-6-12/h7-8,10-12,14H,2-6,9H2,1H3,(H2,18,19,21)/b17-10-/t11-,14-/m1/s1. The van der Waals surface area contributed by atoms with E-state index < -0.39 is 0 Å². The van der Waals surface area contributed by atoms with E-state index in [2.05, 4.69) is 22.8 Å². The highest BCUT2D eigenvalue weighted by Gasteiger charge is 2.36. The molecule has 114 valence electrons. The molecule has 0 bridgehead atoms. The molecule has 0 amide bonds. The molecule has 2 atom stereocenters. The Morgan fingerprint density at radius 3 is 2.81 bits per heavy atom. The Kier molecular flexibility index (Phi) is 4.58. The summed E-state index contributed by atoms with van der Waals surface area (Å²) in [6, 6.07) is 4.51. The molecule has 0 radical (unpaired) electrons. The van der Waals surface area contributed by atoms with Gasteiger partial charge in [0.2, 0.25) is 0 Å². The van der Waals surface area contributed by atoms with Gasteiger partial charge in [-0.25, -0.2) is 0 Å². The summed E-state index contributed by atoms with van der Waals surface area (Å²) < 4.78 is 5.76. The average Bonchev–Trinajstić information content (AvgIpc) is 3.02. The highest BCUT2D eigenvalue weighted by atomic mass is 32.1. The van der Waals surface area contributed by atoms with Gasteiger partial charge in [-0.05, 0) is 49.5 Å². The molecule has 2 aliphatic carbocycles. The van der Waals surface area contributed by atoms with E-state index in [0.29, 0.717) is 17.1 Å². The predicted molar refractivity (Wildman–Crippen MR) is 88.6 cm³/mol. The minimum absolute atomic E-state index is 0.500. The number of nitrogens with one attached hydrogen (secondary N) is 2. The number of thiocarbonyl (C=S) groups is 1. The molecule has 0 unspecified atom stereocenters. The largest absolute Gasteiger partial charge is 0.460 e. The number of hydrogen-bond acceptors (Lipinski definition) is 3. The van der Waals surface area contributed by atoms with Crippen LogP contribution in [0.15, 0.2) is 21.7 Å². The van der Waals surface area contributed by atoms with E-state index in [9.17, 15) is 0 Å². The third-order valence-electron chi connectivity index (χ3n) is 4.42. The van der Waals surface area contributed by atoms with E-state index in [1.165, 1.54) is 38.5 Å². The van der Waals surface area contributed by atoms with Crippen molar-refractivity contribution >= 4 is 23.5 Å². The molecule has 2 saturated carbocycles. The van der Waals surface area contributed by atoms with Gasteiger partial charge in [-0.15, -0.1) is 0 Å². The maximum atomic E-state index is 5.76. The molecule has 5 heteroatoms. The Hall–Kier alpha value is -1.36. The fourth-order valence-corrected chi connectivity index (χ4v) is 3.19. The van der Waals surface area contributed by atoms with Crippen molar-refractivity contribution in [2.24, 2.45) is 11.0 Å². The van der Waals surface area contributed by atoms with E-state index in [0.717, 1.165) is 17.4 Å². The van der Waals surface area contributed by atoms with E-state index in [1.54, 1.807) is 6.21 Å². The first kappa shape index (κ1) is 14.6. The first-order valence-corrected chi connectivity index (χ1v) is 8.32. The van der Waals surface area contributed by atoms with Crippen LogP contribution in [0.25, 0.3) is 0 Å². The number of furan rings is 1. The number of nitrogens with zero attached hydrogens (tertiary/aromatic N) is 1. The molecule has 3 rings (SSSR count). The number of hydrazone groups is 1. The first-order chi connectivity index (χ1) is 10.2. The van der Waals surface area contributed by atoms with Gasteiger partial charge in [0.1, 0.15) is 11.5 Å². The molecular formula is C16H23N3OS. The van der Waals surface area contributed by atoms with Crippen molar-refractivity contribution in [3.8, 4) is 0 Å². The smallest absolute Gasteiger partial charge is 0.187 e. The van der Waals surface area contributed by atoms with Crippen LogP contribution in [-0.4, -0.2) is 17.4 Å². The van der Waals surface area contributed by atoms with Gasteiger partial charge >= 0.3 is 0 Å². The zero-order valence-electron chi connectivity index (χ0n) is 12.5. The summed E-state index contributed by atoms with van der Waals surface area (Å²) in [4.78, 5) is 0. The van der Waals surface area contributed by atoms with Crippen molar-refractivity contribution in [2.75, 3.05) is 0 Å². The summed E-state index contributed by atoms with van der Waals surface area (Å²) in [5, 5.41) is 8.06. The van der Waals surface area contributed by atoms with Crippen LogP contribution in [0.3, 0.4) is 0 Å². The van der Waals surface area contributed by atoms with E-state index >= 15 is 0 Å². The Labute approximate surface area is 131 Å². The van der Waals surface area contributed by atoms with E-state index in [-0.39, 0.29) is 0 Å². The van der Waals surface area contributed by atoms with Crippen LogP contribution >= 0.6 is 12.2 Å². The van der Waals surface area contributed by atoms with Crippen LogP contribution in [0.4, 0.5) is 0 Å². The van der Waals surface area contributed by atoms with Crippen molar-refractivity contribution in [3.63, 3.8) is 0 Å². The third kappa shape index (κ3) is 4.06. The molecule has 1 aromatic rings. The molecule has 0 spiro atoms. The predicted octanol–water partition coefficient (Wildman–Crippen LogP) is 3.53. The molecule has 2 aliphatic rings. The summed E-state index contributed by atoms with van der Waals surface area (Å²) in [5.41, 5.74) is 2.87. The van der Waals surface area contributed by atoms with Gasteiger partial charge in [-0.3, -0.25) is 5.43 Å². The SMILES string of the molecule is C[C@@H]1C[C@H]1c1ccc(/C=N\NC(=S)NC2CCCCC2)o1. The quantitative estimate of drug-likeness (QED) is 0.507. The highest BCUT2D eigenvalue weighted by molar-refractivity contribution is 7.80. The van der Waals surface area contributed by atoms with Gasteiger partial charge in [0.05, 0.1) is 6.21 Å². The fraction of sp³-hybridized carbons (Fsp3) is 0.625. The van der Waals surface area contributed by atoms with Crippen molar-refractivity contribution in [1.82, 2.24) is 10.7 Å². The monoisotopic (exact) mass is 305 g/mol. The fourth-order valence-electron chi connectivity index (χ4n) is 2.97. The van der Waals surface area contributed by atoms with Crippen molar-refractivity contribution < 1.29 is 4.42 Å². The maximum Gasteiger partial charge on any atom is 0.187 e. The zero-order valence-corrected chi connectivity index (χ0v) is 13.3. The normalized spacial score (nSPS) is 26.0. The van der Waals surface area contributed by atoms with Gasteiger partial charge in [0.25, 0.3) is 0 Å². The minimum atomic E-state index is 0.500. The van der Waals surface area contributed by atoms with Gasteiger partial charge in [-0.2, -0.15) is 5.10 Å². The lowest BCUT2D eigenvalue weighted by Gasteiger charge is -2.23. The van der Waals surface area contributed by atoms with Gasteiger partial charge in [-0.1, -0.05) is 26.2 Å². The lowest BCUT2D eigenvalue weighted by molar-refractivity contribution is 0.412. The van der Waals surface area contributed by atoms with Crippen molar-refractivity contribution in [1.29, 1.82) is 0 Å². The number of hydrogen-bond donors (Lipinski definition) is 2. The second-order valence-electron chi connectivity index (χ2n) is 6.24. The molecule has 0 aliphatic heterocycles. The van der Waals surface area contributed by atoms with Gasteiger partial charge in [0.15, 0.2) is 5.11 Å². The summed E-state index contributed by atoms with van der Waals surface area (Å²) in [6.45, 7) is 2.25. The maximum absolute atomic E-state index is 5.76. The topological polar surface area (TPSA) is 49.6 Å². The minimum Gasteiger partial charge on any atom is -0.460 e. The van der Waals surface area contributed by atoms with Crippen LogP contribution in [0.1, 0.15) is 62.9 Å². The van der Waals surface area contributed by atoms with Gasteiger partial charge < -0.3 is 9.73 Å². The summed E-state index contributed by atoms with van der Waals surface area (Å²) >= 11 is 5.26. The van der Waals surface area contributed by atoms with Crippen LogP contribution in [-0.2, 0) is 0 Å². The lowest BCUT2D eigenvalue weighted by Crippen LogP contribution is -2.40. The lowest BCUT2D eigenvalue weighted by atomic mass is 9.96. The van der Waals surface area contributed by atoms with Gasteiger partial charge in [0, 0.05) is 12.0 Å². The molecule has 4 nitrogen and oxygen atoms in total. The van der Waals surface area contributed by atoms with Crippen molar-refractivity contribution in [3.05, 3.63) is 23.7 Å². The third-order valence-corrected chi connectivity index (χ3v) is 4.63. The highest BCUT2D eigenvalue weighted by Crippen LogP contribution is 2.47.